The minimum atomic E-state index is 0.120. The van der Waals surface area contributed by atoms with E-state index in [1.165, 1.54) is 5.56 Å². The molecule has 1 unspecified atom stereocenters. The van der Waals surface area contributed by atoms with Crippen LogP contribution in [0.5, 0.6) is 0 Å². The first-order valence-electron chi connectivity index (χ1n) is 10.2. The van der Waals surface area contributed by atoms with Gasteiger partial charge in [0, 0.05) is 56.9 Å². The van der Waals surface area contributed by atoms with Gasteiger partial charge in [-0.1, -0.05) is 44.2 Å². The Morgan fingerprint density at radius 2 is 1.79 bits per heavy atom. The lowest BCUT2D eigenvalue weighted by atomic mass is 9.78. The van der Waals surface area contributed by atoms with Crippen LogP contribution in [0.4, 0.5) is 5.82 Å². The van der Waals surface area contributed by atoms with Crippen molar-refractivity contribution in [2.45, 2.75) is 19.8 Å². The van der Waals surface area contributed by atoms with Crippen LogP contribution in [0.15, 0.2) is 48.7 Å². The maximum Gasteiger partial charge on any atom is 0.254 e. The summed E-state index contributed by atoms with van der Waals surface area (Å²) in [6, 6.07) is 14.6. The average Bonchev–Trinajstić information content (AvgIpc) is 3.04. The molecule has 0 bridgehead atoms. The van der Waals surface area contributed by atoms with E-state index in [1.54, 1.807) is 6.20 Å². The number of rotatable bonds is 3. The molecule has 2 fully saturated rings. The molecule has 0 aliphatic carbocycles. The third kappa shape index (κ3) is 3.76. The molecule has 0 spiro atoms. The molecule has 0 N–H and O–H groups in total. The minimum Gasteiger partial charge on any atom is -0.355 e. The van der Waals surface area contributed by atoms with Crippen LogP contribution in [0.3, 0.4) is 0 Å². The normalized spacial score (nSPS) is 22.5. The predicted octanol–water partition coefficient (Wildman–Crippen LogP) is 3.10. The molecule has 1 atom stereocenters. The summed E-state index contributed by atoms with van der Waals surface area (Å²) in [4.78, 5) is 24.1. The molecule has 0 saturated carbocycles. The molecule has 2 aliphatic rings. The van der Waals surface area contributed by atoms with E-state index in [0.29, 0.717) is 5.92 Å². The van der Waals surface area contributed by atoms with Crippen LogP contribution in [0, 0.1) is 5.41 Å². The van der Waals surface area contributed by atoms with E-state index in [-0.39, 0.29) is 11.3 Å². The van der Waals surface area contributed by atoms with Crippen molar-refractivity contribution in [3.05, 3.63) is 59.8 Å². The quantitative estimate of drug-likeness (QED) is 0.823. The molecular weight excluding hydrogens is 348 g/mol. The second kappa shape index (κ2) is 7.55. The number of carbonyl (C=O) groups is 1. The van der Waals surface area contributed by atoms with Crippen LogP contribution in [0.1, 0.15) is 35.7 Å². The number of aromatic nitrogens is 1. The second-order valence-corrected chi connectivity index (χ2v) is 8.83. The molecule has 2 aromatic rings. The summed E-state index contributed by atoms with van der Waals surface area (Å²) < 4.78 is 0. The largest absolute Gasteiger partial charge is 0.355 e. The van der Waals surface area contributed by atoms with E-state index < -0.39 is 0 Å². The highest BCUT2D eigenvalue weighted by molar-refractivity contribution is 5.95. The first-order valence-corrected chi connectivity index (χ1v) is 10.2. The zero-order valence-corrected chi connectivity index (χ0v) is 17.1. The van der Waals surface area contributed by atoms with Crippen LogP contribution in [-0.4, -0.2) is 67.0 Å². The fourth-order valence-corrected chi connectivity index (χ4v) is 4.47. The summed E-state index contributed by atoms with van der Waals surface area (Å²) in [5.74, 6) is 1.48. The van der Waals surface area contributed by atoms with Gasteiger partial charge in [-0.2, -0.15) is 0 Å². The molecular formula is C23H30N4O. The maximum absolute atomic E-state index is 12.9. The molecule has 1 aromatic carbocycles. The van der Waals surface area contributed by atoms with Crippen molar-refractivity contribution < 1.29 is 4.79 Å². The molecule has 148 valence electrons. The van der Waals surface area contributed by atoms with Crippen LogP contribution in [0.2, 0.25) is 0 Å². The molecule has 28 heavy (non-hydrogen) atoms. The van der Waals surface area contributed by atoms with E-state index in [9.17, 15) is 4.79 Å². The van der Waals surface area contributed by atoms with Gasteiger partial charge < -0.3 is 14.7 Å². The molecule has 5 nitrogen and oxygen atoms in total. The first-order chi connectivity index (χ1) is 13.4. The van der Waals surface area contributed by atoms with Crippen molar-refractivity contribution in [2.24, 2.45) is 5.41 Å². The first kappa shape index (κ1) is 18.9. The Balaban J connectivity index is 1.52. The summed E-state index contributed by atoms with van der Waals surface area (Å²) in [5, 5.41) is 0. The van der Waals surface area contributed by atoms with Gasteiger partial charge in [0.2, 0.25) is 0 Å². The second-order valence-electron chi connectivity index (χ2n) is 8.83. The Labute approximate surface area is 168 Å². The number of anilines is 1. The molecule has 4 rings (SSSR count). The van der Waals surface area contributed by atoms with Gasteiger partial charge in [-0.15, -0.1) is 0 Å². The summed E-state index contributed by atoms with van der Waals surface area (Å²) >= 11 is 0. The van der Waals surface area contributed by atoms with Gasteiger partial charge in [0.05, 0.1) is 0 Å². The number of pyridine rings is 1. The van der Waals surface area contributed by atoms with Gasteiger partial charge >= 0.3 is 0 Å². The van der Waals surface area contributed by atoms with E-state index >= 15 is 0 Å². The Bertz CT molecular complexity index is 828. The van der Waals surface area contributed by atoms with Crippen LogP contribution in [-0.2, 0) is 0 Å². The third-order valence-corrected chi connectivity index (χ3v) is 6.25. The number of hydrogen-bond donors (Lipinski definition) is 0. The molecule has 2 aliphatic heterocycles. The number of piperazine rings is 1. The van der Waals surface area contributed by atoms with E-state index in [1.807, 2.05) is 17.0 Å². The Hall–Kier alpha value is -2.40. The number of hydrogen-bond acceptors (Lipinski definition) is 4. The molecule has 0 radical (unpaired) electrons. The van der Waals surface area contributed by atoms with Crippen molar-refractivity contribution in [2.75, 3.05) is 51.2 Å². The molecule has 1 aromatic heterocycles. The molecule has 2 saturated heterocycles. The van der Waals surface area contributed by atoms with Crippen molar-refractivity contribution in [3.63, 3.8) is 0 Å². The third-order valence-electron chi connectivity index (χ3n) is 6.25. The van der Waals surface area contributed by atoms with Crippen molar-refractivity contribution >= 4 is 11.7 Å². The fourth-order valence-electron chi connectivity index (χ4n) is 4.47. The zero-order valence-electron chi connectivity index (χ0n) is 17.1. The summed E-state index contributed by atoms with van der Waals surface area (Å²) in [7, 11) is 2.10. The highest BCUT2D eigenvalue weighted by Crippen LogP contribution is 2.43. The van der Waals surface area contributed by atoms with E-state index in [2.05, 4.69) is 66.0 Å². The van der Waals surface area contributed by atoms with Crippen molar-refractivity contribution in [1.82, 2.24) is 14.8 Å². The van der Waals surface area contributed by atoms with E-state index in [4.69, 9.17) is 0 Å². The lowest BCUT2D eigenvalue weighted by Crippen LogP contribution is -2.47. The molecule has 1 amide bonds. The predicted molar refractivity (Wildman–Crippen MR) is 113 cm³/mol. The SMILES string of the molecule is CN1CCN(C(=O)c2ccnc(N3CC(c4ccccc4)C(C)(C)C3)c2)CC1. The Morgan fingerprint density at radius 1 is 1.07 bits per heavy atom. The van der Waals surface area contributed by atoms with Crippen molar-refractivity contribution in [1.29, 1.82) is 0 Å². The van der Waals surface area contributed by atoms with Gasteiger partial charge in [0.15, 0.2) is 0 Å². The standard InChI is InChI=1S/C23H30N4O/c1-23(2)17-27(16-20(23)18-7-5-4-6-8-18)21-15-19(9-10-24-21)22(28)26-13-11-25(3)12-14-26/h4-10,15,20H,11-14,16-17H2,1-3H3. The smallest absolute Gasteiger partial charge is 0.254 e. The van der Waals surface area contributed by atoms with Gasteiger partial charge in [0.1, 0.15) is 5.82 Å². The van der Waals surface area contributed by atoms with Crippen LogP contribution < -0.4 is 4.90 Å². The minimum absolute atomic E-state index is 0.120. The monoisotopic (exact) mass is 378 g/mol. The van der Waals surface area contributed by atoms with Crippen LogP contribution in [0.25, 0.3) is 0 Å². The Kier molecular flexibility index (Phi) is 5.11. The lowest BCUT2D eigenvalue weighted by Gasteiger charge is -2.32. The van der Waals surface area contributed by atoms with Gasteiger partial charge in [-0.05, 0) is 30.2 Å². The van der Waals surface area contributed by atoms with E-state index in [0.717, 1.165) is 50.6 Å². The van der Waals surface area contributed by atoms with Crippen LogP contribution >= 0.6 is 0 Å². The summed E-state index contributed by atoms with van der Waals surface area (Å²) in [6.45, 7) is 9.96. The Morgan fingerprint density at radius 3 is 2.50 bits per heavy atom. The van der Waals surface area contributed by atoms with Gasteiger partial charge in [0.25, 0.3) is 5.91 Å². The zero-order chi connectivity index (χ0) is 19.7. The topological polar surface area (TPSA) is 39.7 Å². The highest BCUT2D eigenvalue weighted by Gasteiger charge is 2.40. The van der Waals surface area contributed by atoms with Gasteiger partial charge in [-0.3, -0.25) is 4.79 Å². The number of likely N-dealkylation sites (N-methyl/N-ethyl adjacent to an activating group) is 1. The fraction of sp³-hybridized carbons (Fsp3) is 0.478. The summed E-state index contributed by atoms with van der Waals surface area (Å²) in [5.41, 5.74) is 2.27. The van der Waals surface area contributed by atoms with Gasteiger partial charge in [-0.25, -0.2) is 4.98 Å². The van der Waals surface area contributed by atoms with Crippen molar-refractivity contribution in [3.8, 4) is 0 Å². The number of amides is 1. The number of nitrogens with zero attached hydrogens (tertiary/aromatic N) is 4. The molecule has 3 heterocycles. The number of carbonyl (C=O) groups excluding carboxylic acids is 1. The molecule has 5 heteroatoms. The lowest BCUT2D eigenvalue weighted by molar-refractivity contribution is 0.0664. The summed E-state index contributed by atoms with van der Waals surface area (Å²) in [6.07, 6.45) is 1.78. The number of benzene rings is 1. The highest BCUT2D eigenvalue weighted by atomic mass is 16.2. The average molecular weight is 379 g/mol. The maximum atomic E-state index is 12.9.